The Labute approximate surface area is 102 Å². The summed E-state index contributed by atoms with van der Waals surface area (Å²) < 4.78 is 5.66. The van der Waals surface area contributed by atoms with Crippen LogP contribution in [0.25, 0.3) is 0 Å². The monoisotopic (exact) mass is 236 g/mol. The molecule has 0 saturated heterocycles. The van der Waals surface area contributed by atoms with Crippen LogP contribution in [0.2, 0.25) is 0 Å². The molecule has 0 heterocycles. The SMILES string of the molecule is Cc1cc(CC(=O)O)ccc1OCCC(C)C. The zero-order chi connectivity index (χ0) is 12.8. The lowest BCUT2D eigenvalue weighted by Crippen LogP contribution is -2.04. The molecule has 0 bridgehead atoms. The highest BCUT2D eigenvalue weighted by atomic mass is 16.5. The summed E-state index contributed by atoms with van der Waals surface area (Å²) >= 11 is 0. The normalized spacial score (nSPS) is 10.6. The summed E-state index contributed by atoms with van der Waals surface area (Å²) in [6.45, 7) is 6.96. The van der Waals surface area contributed by atoms with Crippen molar-refractivity contribution in [1.82, 2.24) is 0 Å². The van der Waals surface area contributed by atoms with E-state index in [4.69, 9.17) is 9.84 Å². The van der Waals surface area contributed by atoms with E-state index in [1.807, 2.05) is 25.1 Å². The van der Waals surface area contributed by atoms with Crippen molar-refractivity contribution in [3.05, 3.63) is 29.3 Å². The van der Waals surface area contributed by atoms with Gasteiger partial charge in [0, 0.05) is 0 Å². The fourth-order valence-electron chi connectivity index (χ4n) is 1.56. The molecule has 0 unspecified atom stereocenters. The van der Waals surface area contributed by atoms with Crippen molar-refractivity contribution in [3.8, 4) is 5.75 Å². The lowest BCUT2D eigenvalue weighted by atomic mass is 10.1. The van der Waals surface area contributed by atoms with Gasteiger partial charge in [0.05, 0.1) is 13.0 Å². The molecular formula is C14H20O3. The largest absolute Gasteiger partial charge is 0.493 e. The number of carbonyl (C=O) groups is 1. The Bertz CT molecular complexity index is 383. The van der Waals surface area contributed by atoms with Crippen LogP contribution < -0.4 is 4.74 Å². The molecule has 1 aromatic carbocycles. The topological polar surface area (TPSA) is 46.5 Å². The molecule has 3 nitrogen and oxygen atoms in total. The third-order valence-electron chi connectivity index (χ3n) is 2.55. The predicted octanol–water partition coefficient (Wildman–Crippen LogP) is 3.05. The minimum Gasteiger partial charge on any atom is -0.493 e. The van der Waals surface area contributed by atoms with Crippen LogP contribution >= 0.6 is 0 Å². The molecule has 0 aliphatic rings. The van der Waals surface area contributed by atoms with Crippen molar-refractivity contribution in [3.63, 3.8) is 0 Å². The van der Waals surface area contributed by atoms with Crippen molar-refractivity contribution in [2.24, 2.45) is 5.92 Å². The van der Waals surface area contributed by atoms with E-state index in [1.54, 1.807) is 0 Å². The first kappa shape index (κ1) is 13.6. The summed E-state index contributed by atoms with van der Waals surface area (Å²) in [5.41, 5.74) is 1.80. The number of aliphatic carboxylic acids is 1. The minimum absolute atomic E-state index is 0.0626. The van der Waals surface area contributed by atoms with Gasteiger partial charge in [-0.05, 0) is 36.5 Å². The summed E-state index contributed by atoms with van der Waals surface area (Å²) in [7, 11) is 0. The summed E-state index contributed by atoms with van der Waals surface area (Å²) in [5, 5.41) is 8.70. The lowest BCUT2D eigenvalue weighted by Gasteiger charge is -2.11. The quantitative estimate of drug-likeness (QED) is 0.825. The van der Waals surface area contributed by atoms with Crippen LogP contribution in [0.15, 0.2) is 18.2 Å². The number of rotatable bonds is 6. The zero-order valence-electron chi connectivity index (χ0n) is 10.7. The third kappa shape index (κ3) is 4.89. The average Bonchev–Trinajstić information content (AvgIpc) is 2.20. The number of hydrogen-bond acceptors (Lipinski definition) is 2. The molecule has 94 valence electrons. The average molecular weight is 236 g/mol. The van der Waals surface area contributed by atoms with Gasteiger partial charge in [-0.1, -0.05) is 26.0 Å². The maximum Gasteiger partial charge on any atom is 0.307 e. The molecule has 0 fully saturated rings. The molecule has 17 heavy (non-hydrogen) atoms. The summed E-state index contributed by atoms with van der Waals surface area (Å²) in [6, 6.07) is 5.54. The van der Waals surface area contributed by atoms with Crippen molar-refractivity contribution < 1.29 is 14.6 Å². The Morgan fingerprint density at radius 1 is 1.41 bits per heavy atom. The maximum absolute atomic E-state index is 10.6. The highest BCUT2D eigenvalue weighted by Gasteiger charge is 2.05. The predicted molar refractivity (Wildman–Crippen MR) is 67.5 cm³/mol. The van der Waals surface area contributed by atoms with Gasteiger partial charge in [0.1, 0.15) is 5.75 Å². The number of benzene rings is 1. The van der Waals surface area contributed by atoms with E-state index in [2.05, 4.69) is 13.8 Å². The number of hydrogen-bond donors (Lipinski definition) is 1. The van der Waals surface area contributed by atoms with Crippen molar-refractivity contribution >= 4 is 5.97 Å². The Balaban J connectivity index is 2.60. The van der Waals surface area contributed by atoms with Crippen LogP contribution in [0.3, 0.4) is 0 Å². The van der Waals surface area contributed by atoms with Gasteiger partial charge in [0.25, 0.3) is 0 Å². The first-order chi connectivity index (χ1) is 7.99. The summed E-state index contributed by atoms with van der Waals surface area (Å²) in [4.78, 5) is 10.6. The molecule has 3 heteroatoms. The second-order valence-corrected chi connectivity index (χ2v) is 4.70. The van der Waals surface area contributed by atoms with Gasteiger partial charge in [-0.15, -0.1) is 0 Å². The standard InChI is InChI=1S/C14H20O3/c1-10(2)6-7-17-13-5-4-12(8-11(13)3)9-14(15)16/h4-5,8,10H,6-7,9H2,1-3H3,(H,15,16). The zero-order valence-corrected chi connectivity index (χ0v) is 10.7. The van der Waals surface area contributed by atoms with Crippen LogP contribution in [-0.2, 0) is 11.2 Å². The molecule has 0 spiro atoms. The van der Waals surface area contributed by atoms with E-state index < -0.39 is 5.97 Å². The number of carboxylic acids is 1. The molecule has 0 saturated carbocycles. The van der Waals surface area contributed by atoms with Gasteiger partial charge in [-0.2, -0.15) is 0 Å². The molecule has 1 aromatic rings. The van der Waals surface area contributed by atoms with E-state index in [0.29, 0.717) is 12.5 Å². The fourth-order valence-corrected chi connectivity index (χ4v) is 1.56. The van der Waals surface area contributed by atoms with Crippen molar-refractivity contribution in [2.75, 3.05) is 6.61 Å². The molecule has 0 aliphatic heterocycles. The Hall–Kier alpha value is -1.51. The molecule has 1 N–H and O–H groups in total. The molecule has 0 aliphatic carbocycles. The Morgan fingerprint density at radius 2 is 2.12 bits per heavy atom. The van der Waals surface area contributed by atoms with Gasteiger partial charge < -0.3 is 9.84 Å². The third-order valence-corrected chi connectivity index (χ3v) is 2.55. The summed E-state index contributed by atoms with van der Waals surface area (Å²) in [6.07, 6.45) is 1.09. The molecule has 0 aromatic heterocycles. The van der Waals surface area contributed by atoms with Crippen LogP contribution in [0, 0.1) is 12.8 Å². The van der Waals surface area contributed by atoms with E-state index in [0.717, 1.165) is 23.3 Å². The molecule has 0 radical (unpaired) electrons. The highest BCUT2D eigenvalue weighted by molar-refractivity contribution is 5.70. The second-order valence-electron chi connectivity index (χ2n) is 4.70. The number of aryl methyl sites for hydroxylation is 1. The Kier molecular flexibility index (Phi) is 5.01. The minimum atomic E-state index is -0.808. The maximum atomic E-state index is 10.6. The van der Waals surface area contributed by atoms with E-state index >= 15 is 0 Å². The molecule has 0 atom stereocenters. The van der Waals surface area contributed by atoms with Crippen LogP contribution in [0.5, 0.6) is 5.75 Å². The van der Waals surface area contributed by atoms with Gasteiger partial charge >= 0.3 is 5.97 Å². The van der Waals surface area contributed by atoms with E-state index in [-0.39, 0.29) is 6.42 Å². The van der Waals surface area contributed by atoms with Gasteiger partial charge in [0.2, 0.25) is 0 Å². The first-order valence-corrected chi connectivity index (χ1v) is 5.93. The van der Waals surface area contributed by atoms with E-state index in [1.165, 1.54) is 0 Å². The van der Waals surface area contributed by atoms with Gasteiger partial charge in [-0.3, -0.25) is 4.79 Å². The van der Waals surface area contributed by atoms with Crippen LogP contribution in [0.1, 0.15) is 31.4 Å². The Morgan fingerprint density at radius 3 is 2.65 bits per heavy atom. The lowest BCUT2D eigenvalue weighted by molar-refractivity contribution is -0.136. The van der Waals surface area contributed by atoms with Crippen molar-refractivity contribution in [1.29, 1.82) is 0 Å². The van der Waals surface area contributed by atoms with E-state index in [9.17, 15) is 4.79 Å². The molecular weight excluding hydrogens is 216 g/mol. The van der Waals surface area contributed by atoms with Crippen LogP contribution in [0.4, 0.5) is 0 Å². The second kappa shape index (κ2) is 6.28. The number of ether oxygens (including phenoxy) is 1. The molecule has 0 amide bonds. The van der Waals surface area contributed by atoms with Crippen molar-refractivity contribution in [2.45, 2.75) is 33.6 Å². The van der Waals surface area contributed by atoms with Gasteiger partial charge in [0.15, 0.2) is 0 Å². The smallest absolute Gasteiger partial charge is 0.307 e. The molecule has 1 rings (SSSR count). The fraction of sp³-hybridized carbons (Fsp3) is 0.500. The number of carboxylic acid groups (broad SMARTS) is 1. The highest BCUT2D eigenvalue weighted by Crippen LogP contribution is 2.20. The summed E-state index contributed by atoms with van der Waals surface area (Å²) in [5.74, 6) is 0.666. The van der Waals surface area contributed by atoms with Crippen LogP contribution in [-0.4, -0.2) is 17.7 Å². The first-order valence-electron chi connectivity index (χ1n) is 5.93. The van der Waals surface area contributed by atoms with Gasteiger partial charge in [-0.25, -0.2) is 0 Å².